The van der Waals surface area contributed by atoms with Crippen LogP contribution in [0.2, 0.25) is 0 Å². The van der Waals surface area contributed by atoms with Crippen molar-refractivity contribution in [2.75, 3.05) is 6.54 Å². The molecule has 0 saturated heterocycles. The summed E-state index contributed by atoms with van der Waals surface area (Å²) in [5, 5.41) is 13.7. The lowest BCUT2D eigenvalue weighted by molar-refractivity contribution is -0.142. The van der Waals surface area contributed by atoms with Crippen LogP contribution in [0.15, 0.2) is 41.9 Å². The molecule has 2 unspecified atom stereocenters. The van der Waals surface area contributed by atoms with Gasteiger partial charge in [-0.2, -0.15) is 0 Å². The van der Waals surface area contributed by atoms with Crippen molar-refractivity contribution in [2.24, 2.45) is 4.99 Å². The van der Waals surface area contributed by atoms with Crippen molar-refractivity contribution in [3.63, 3.8) is 0 Å². The number of ketones is 1. The second kappa shape index (κ2) is 10.6. The average molecular weight is 359 g/mol. The van der Waals surface area contributed by atoms with Crippen molar-refractivity contribution in [1.29, 1.82) is 0 Å². The lowest BCUT2D eigenvalue weighted by atomic mass is 10.1. The van der Waals surface area contributed by atoms with Crippen LogP contribution >= 0.6 is 0 Å². The number of carbonyl (C=O) groups excluding carboxylic acids is 3. The molecule has 0 bridgehead atoms. The van der Waals surface area contributed by atoms with Gasteiger partial charge in [0.15, 0.2) is 6.04 Å². The fourth-order valence-corrected chi connectivity index (χ4v) is 2.18. The van der Waals surface area contributed by atoms with Crippen LogP contribution in [0.3, 0.4) is 0 Å². The minimum absolute atomic E-state index is 0.357. The van der Waals surface area contributed by atoms with Gasteiger partial charge in [0, 0.05) is 0 Å². The highest BCUT2D eigenvalue weighted by Crippen LogP contribution is 2.12. The molecule has 26 heavy (non-hydrogen) atoms. The number of hydrogen-bond donors (Lipinski definition) is 3. The highest BCUT2D eigenvalue weighted by atomic mass is 16.4. The Hall–Kier alpha value is -3.25. The maximum absolute atomic E-state index is 12.0. The lowest BCUT2D eigenvalue weighted by Gasteiger charge is -2.15. The predicted molar refractivity (Wildman–Crippen MR) is 94.7 cm³/mol. The van der Waals surface area contributed by atoms with Gasteiger partial charge >= 0.3 is 5.97 Å². The first-order chi connectivity index (χ1) is 12.4. The maximum Gasteiger partial charge on any atom is 0.330 e. The van der Waals surface area contributed by atoms with Crippen LogP contribution in [0.4, 0.5) is 0 Å². The van der Waals surface area contributed by atoms with E-state index in [1.165, 1.54) is 0 Å². The SMILES string of the molecule is C=C=NC(CCC)C(=O)C(=O)NCC(=O)NC(C(=O)O)c1ccccc1. The molecule has 0 aliphatic rings. The largest absolute Gasteiger partial charge is 0.479 e. The molecule has 0 saturated carbocycles. The second-order valence-corrected chi connectivity index (χ2v) is 5.39. The molecule has 0 fully saturated rings. The molecule has 8 heteroatoms. The van der Waals surface area contributed by atoms with Crippen LogP contribution in [0.1, 0.15) is 31.4 Å². The predicted octanol–water partition coefficient (Wildman–Crippen LogP) is 0.638. The highest BCUT2D eigenvalue weighted by molar-refractivity contribution is 6.38. The quantitative estimate of drug-likeness (QED) is 0.418. The summed E-state index contributed by atoms with van der Waals surface area (Å²) in [5.74, 6) is -1.50. The fraction of sp³-hybridized carbons (Fsp3) is 0.333. The topological polar surface area (TPSA) is 125 Å². The summed E-state index contributed by atoms with van der Waals surface area (Å²) in [4.78, 5) is 50.8. The number of Topliss-reactive ketones (excluding diaryl/α,β-unsaturated/α-hetero) is 1. The van der Waals surface area contributed by atoms with E-state index in [2.05, 4.69) is 28.1 Å². The van der Waals surface area contributed by atoms with Gasteiger partial charge < -0.3 is 15.7 Å². The zero-order valence-electron chi connectivity index (χ0n) is 14.4. The molecule has 0 radical (unpaired) electrons. The van der Waals surface area contributed by atoms with Gasteiger partial charge in [-0.05, 0) is 24.4 Å². The molecule has 1 rings (SSSR count). The number of benzene rings is 1. The van der Waals surface area contributed by atoms with Gasteiger partial charge in [-0.25, -0.2) is 9.79 Å². The molecule has 3 N–H and O–H groups in total. The zero-order valence-corrected chi connectivity index (χ0v) is 14.4. The van der Waals surface area contributed by atoms with Crippen molar-refractivity contribution in [2.45, 2.75) is 31.8 Å². The van der Waals surface area contributed by atoms with Crippen LogP contribution < -0.4 is 10.6 Å². The molecule has 138 valence electrons. The molecule has 2 amide bonds. The third kappa shape index (κ3) is 6.33. The third-order valence-electron chi connectivity index (χ3n) is 3.43. The van der Waals surface area contributed by atoms with E-state index in [4.69, 9.17) is 0 Å². The molecular weight excluding hydrogens is 338 g/mol. The first-order valence-electron chi connectivity index (χ1n) is 8.01. The average Bonchev–Trinajstić information content (AvgIpc) is 2.63. The molecular formula is C18H21N3O5. The standard InChI is InChI=1S/C18H21N3O5/c1-3-8-13(19-4-2)16(23)17(24)20-11-14(22)21-15(18(25)26)12-9-6-5-7-10-12/h5-7,9-10,13,15H,2-3,8,11H2,1H3,(H,20,24)(H,21,22)(H,25,26). The molecule has 8 nitrogen and oxygen atoms in total. The molecule has 2 atom stereocenters. The number of amides is 2. The van der Waals surface area contributed by atoms with Crippen molar-refractivity contribution >= 4 is 29.4 Å². The van der Waals surface area contributed by atoms with Crippen molar-refractivity contribution in [3.05, 3.63) is 42.5 Å². The van der Waals surface area contributed by atoms with Gasteiger partial charge in [0.1, 0.15) is 6.04 Å². The number of nitrogens with zero attached hydrogens (tertiary/aromatic N) is 1. The van der Waals surface area contributed by atoms with Crippen LogP contribution in [-0.2, 0) is 19.2 Å². The van der Waals surface area contributed by atoms with Crippen LogP contribution in [0.5, 0.6) is 0 Å². The van der Waals surface area contributed by atoms with E-state index in [0.717, 1.165) is 0 Å². The molecule has 0 aromatic heterocycles. The third-order valence-corrected chi connectivity index (χ3v) is 3.43. The van der Waals surface area contributed by atoms with Gasteiger partial charge in [-0.1, -0.05) is 43.7 Å². The van der Waals surface area contributed by atoms with Crippen LogP contribution in [0, 0.1) is 0 Å². The molecule has 1 aromatic carbocycles. The maximum atomic E-state index is 12.0. The first-order valence-corrected chi connectivity index (χ1v) is 8.01. The zero-order chi connectivity index (χ0) is 19.5. The molecule has 1 aromatic rings. The Bertz CT molecular complexity index is 711. The summed E-state index contributed by atoms with van der Waals surface area (Å²) in [6, 6.07) is 5.98. The Labute approximate surface area is 151 Å². The van der Waals surface area contributed by atoms with E-state index in [-0.39, 0.29) is 0 Å². The van der Waals surface area contributed by atoms with Crippen LogP contribution in [0.25, 0.3) is 0 Å². The van der Waals surface area contributed by atoms with E-state index in [0.29, 0.717) is 18.4 Å². The van der Waals surface area contributed by atoms with Gasteiger partial charge in [0.2, 0.25) is 11.7 Å². The smallest absolute Gasteiger partial charge is 0.330 e. The molecule has 0 spiro atoms. The van der Waals surface area contributed by atoms with Crippen molar-refractivity contribution in [1.82, 2.24) is 10.6 Å². The summed E-state index contributed by atoms with van der Waals surface area (Å²) in [5.41, 5.74) is 0.388. The van der Waals surface area contributed by atoms with E-state index in [1.54, 1.807) is 30.3 Å². The number of carboxylic acid groups (broad SMARTS) is 1. The Morgan fingerprint density at radius 3 is 2.42 bits per heavy atom. The Balaban J connectivity index is 2.64. The highest BCUT2D eigenvalue weighted by Gasteiger charge is 2.25. The number of hydrogen-bond acceptors (Lipinski definition) is 5. The van der Waals surface area contributed by atoms with Gasteiger partial charge in [-0.15, -0.1) is 0 Å². The number of rotatable bonds is 10. The Morgan fingerprint density at radius 2 is 1.88 bits per heavy atom. The first kappa shape index (κ1) is 20.8. The minimum Gasteiger partial charge on any atom is -0.479 e. The van der Waals surface area contributed by atoms with Gasteiger partial charge in [0.25, 0.3) is 5.91 Å². The number of carbonyl (C=O) groups is 4. The van der Waals surface area contributed by atoms with E-state index in [1.807, 2.05) is 6.92 Å². The normalized spacial score (nSPS) is 12.2. The van der Waals surface area contributed by atoms with E-state index >= 15 is 0 Å². The van der Waals surface area contributed by atoms with Gasteiger partial charge in [-0.3, -0.25) is 14.4 Å². The van der Waals surface area contributed by atoms with E-state index in [9.17, 15) is 24.3 Å². The van der Waals surface area contributed by atoms with Gasteiger partial charge in [0.05, 0.1) is 6.54 Å². The fourth-order valence-electron chi connectivity index (χ4n) is 2.18. The summed E-state index contributed by atoms with van der Waals surface area (Å²) < 4.78 is 0. The summed E-state index contributed by atoms with van der Waals surface area (Å²) in [7, 11) is 0. The second-order valence-electron chi connectivity index (χ2n) is 5.39. The number of aliphatic imine (C=N–C) groups is 1. The minimum atomic E-state index is -1.26. The molecule has 0 heterocycles. The molecule has 0 aliphatic heterocycles. The van der Waals surface area contributed by atoms with Crippen molar-refractivity contribution in [3.8, 4) is 0 Å². The summed E-state index contributed by atoms with van der Waals surface area (Å²) in [6.45, 7) is 4.58. The monoisotopic (exact) mass is 359 g/mol. The Kier molecular flexibility index (Phi) is 8.46. The van der Waals surface area contributed by atoms with Crippen LogP contribution in [-0.4, -0.2) is 47.1 Å². The summed E-state index contributed by atoms with van der Waals surface area (Å²) >= 11 is 0. The molecule has 0 aliphatic carbocycles. The van der Waals surface area contributed by atoms with Crippen molar-refractivity contribution < 1.29 is 24.3 Å². The van der Waals surface area contributed by atoms with E-state index < -0.39 is 42.2 Å². The summed E-state index contributed by atoms with van der Waals surface area (Å²) in [6.07, 6.45) is 0.989. The number of carboxylic acids is 1. The number of aliphatic carboxylic acids is 1. The lowest BCUT2D eigenvalue weighted by Crippen LogP contribution is -2.44. The Morgan fingerprint density at radius 1 is 1.23 bits per heavy atom. The number of nitrogens with one attached hydrogen (secondary N) is 2.